The van der Waals surface area contributed by atoms with Crippen molar-refractivity contribution in [2.75, 3.05) is 29.2 Å². The molecule has 0 radical (unpaired) electrons. The quantitative estimate of drug-likeness (QED) is 0.812. The minimum Gasteiger partial charge on any atom is -0.337 e. The normalized spacial score (nSPS) is 21.5. The van der Waals surface area contributed by atoms with Crippen molar-refractivity contribution in [3.8, 4) is 0 Å². The van der Waals surface area contributed by atoms with Crippen molar-refractivity contribution in [2.45, 2.75) is 5.37 Å². The Morgan fingerprint density at radius 1 is 1.53 bits per heavy atom. The molecular formula is C9H12ClN3O2S2. The molecule has 1 aliphatic rings. The van der Waals surface area contributed by atoms with Crippen molar-refractivity contribution in [1.82, 2.24) is 9.97 Å². The van der Waals surface area contributed by atoms with E-state index in [4.69, 9.17) is 11.6 Å². The highest BCUT2D eigenvalue weighted by Crippen LogP contribution is 2.25. The van der Waals surface area contributed by atoms with Gasteiger partial charge in [0, 0.05) is 24.3 Å². The first-order valence-corrected chi connectivity index (χ1v) is 8.48. The molecule has 5 nitrogen and oxygen atoms in total. The number of rotatable bonds is 2. The van der Waals surface area contributed by atoms with Crippen molar-refractivity contribution >= 4 is 39.0 Å². The summed E-state index contributed by atoms with van der Waals surface area (Å²) >= 11 is 7.40. The van der Waals surface area contributed by atoms with Crippen LogP contribution < -0.4 is 4.90 Å². The molecule has 2 rings (SSSR count). The van der Waals surface area contributed by atoms with Crippen LogP contribution in [0.4, 0.5) is 5.82 Å². The average Bonchev–Trinajstić information content (AvgIpc) is 2.28. The van der Waals surface area contributed by atoms with Crippen molar-refractivity contribution in [3.05, 3.63) is 17.5 Å². The summed E-state index contributed by atoms with van der Waals surface area (Å²) in [5, 5.41) is -0.276. The highest BCUT2D eigenvalue weighted by atomic mass is 35.5. The molecule has 0 aromatic carbocycles. The number of hydrogen-bond acceptors (Lipinski definition) is 6. The number of hydrogen-bond donors (Lipinski definition) is 0. The Morgan fingerprint density at radius 2 is 2.29 bits per heavy atom. The molecule has 1 atom stereocenters. The number of aromatic nitrogens is 2. The second kappa shape index (κ2) is 4.99. The SMILES string of the molecule is CS(=O)(=O)C1CSCCN1c1cncc(Cl)n1. The molecule has 0 amide bonds. The van der Waals surface area contributed by atoms with E-state index < -0.39 is 15.2 Å². The lowest BCUT2D eigenvalue weighted by Crippen LogP contribution is -2.47. The smallest absolute Gasteiger partial charge is 0.169 e. The van der Waals surface area contributed by atoms with E-state index in [0.717, 1.165) is 5.75 Å². The van der Waals surface area contributed by atoms with Gasteiger partial charge in [0.25, 0.3) is 0 Å². The molecule has 1 aromatic rings. The number of nitrogens with zero attached hydrogens (tertiary/aromatic N) is 3. The molecule has 0 spiro atoms. The van der Waals surface area contributed by atoms with E-state index in [1.165, 1.54) is 12.5 Å². The topological polar surface area (TPSA) is 63.2 Å². The van der Waals surface area contributed by atoms with Crippen LogP contribution in [0, 0.1) is 0 Å². The van der Waals surface area contributed by atoms with Gasteiger partial charge >= 0.3 is 0 Å². The highest BCUT2D eigenvalue weighted by Gasteiger charge is 2.32. The van der Waals surface area contributed by atoms with E-state index in [-0.39, 0.29) is 5.15 Å². The van der Waals surface area contributed by atoms with Gasteiger partial charge < -0.3 is 4.90 Å². The van der Waals surface area contributed by atoms with Crippen LogP contribution in [0.15, 0.2) is 12.4 Å². The van der Waals surface area contributed by atoms with Gasteiger partial charge in [-0.2, -0.15) is 11.8 Å². The van der Waals surface area contributed by atoms with E-state index in [9.17, 15) is 8.42 Å². The van der Waals surface area contributed by atoms with Crippen LogP contribution in [0.5, 0.6) is 0 Å². The molecule has 0 aliphatic carbocycles. The fourth-order valence-electron chi connectivity index (χ4n) is 1.67. The summed E-state index contributed by atoms with van der Waals surface area (Å²) in [7, 11) is -3.14. The standard InChI is InChI=1S/C9H12ClN3O2S2/c1-17(14,15)9-6-16-3-2-13(9)8-5-11-4-7(10)12-8/h4-5,9H,2-3,6H2,1H3. The fourth-order valence-corrected chi connectivity index (χ4v) is 4.64. The third kappa shape index (κ3) is 3.02. The van der Waals surface area contributed by atoms with E-state index in [1.807, 2.05) is 0 Å². The average molecular weight is 294 g/mol. The molecule has 1 aliphatic heterocycles. The van der Waals surface area contributed by atoms with Gasteiger partial charge in [0.1, 0.15) is 16.3 Å². The zero-order chi connectivity index (χ0) is 12.5. The Bertz CT molecular complexity index is 509. The van der Waals surface area contributed by atoms with E-state index in [1.54, 1.807) is 22.9 Å². The van der Waals surface area contributed by atoms with Crippen molar-refractivity contribution in [2.24, 2.45) is 0 Å². The van der Waals surface area contributed by atoms with Crippen molar-refractivity contribution in [3.63, 3.8) is 0 Å². The minimum absolute atomic E-state index is 0.271. The highest BCUT2D eigenvalue weighted by molar-refractivity contribution is 8.01. The first-order valence-electron chi connectivity index (χ1n) is 4.99. The van der Waals surface area contributed by atoms with Crippen molar-refractivity contribution in [1.29, 1.82) is 0 Å². The van der Waals surface area contributed by atoms with E-state index in [0.29, 0.717) is 18.1 Å². The maximum atomic E-state index is 11.7. The van der Waals surface area contributed by atoms with Gasteiger partial charge in [0.05, 0.1) is 12.4 Å². The summed E-state index contributed by atoms with van der Waals surface area (Å²) in [4.78, 5) is 9.81. The molecule has 1 aromatic heterocycles. The Labute approximate surface area is 110 Å². The van der Waals surface area contributed by atoms with Crippen LogP contribution in [0.3, 0.4) is 0 Å². The Kier molecular flexibility index (Phi) is 3.79. The molecule has 1 fully saturated rings. The fraction of sp³-hybridized carbons (Fsp3) is 0.556. The summed E-state index contributed by atoms with van der Waals surface area (Å²) in [6.07, 6.45) is 4.22. The third-order valence-corrected chi connectivity index (χ3v) is 5.29. The zero-order valence-electron chi connectivity index (χ0n) is 9.21. The molecule has 1 unspecified atom stereocenters. The first-order chi connectivity index (χ1) is 7.98. The van der Waals surface area contributed by atoms with Gasteiger partial charge in [-0.05, 0) is 0 Å². The minimum atomic E-state index is -3.14. The van der Waals surface area contributed by atoms with E-state index in [2.05, 4.69) is 9.97 Å². The lowest BCUT2D eigenvalue weighted by molar-refractivity contribution is 0.583. The van der Waals surface area contributed by atoms with Crippen LogP contribution in [0.2, 0.25) is 5.15 Å². The molecule has 1 saturated heterocycles. The zero-order valence-corrected chi connectivity index (χ0v) is 11.6. The Morgan fingerprint density at radius 3 is 2.94 bits per heavy atom. The molecular weight excluding hydrogens is 282 g/mol. The molecule has 0 saturated carbocycles. The van der Waals surface area contributed by atoms with Crippen LogP contribution in [-0.4, -0.2) is 48.1 Å². The molecule has 17 heavy (non-hydrogen) atoms. The van der Waals surface area contributed by atoms with Gasteiger partial charge in [-0.1, -0.05) is 11.6 Å². The molecule has 94 valence electrons. The lowest BCUT2D eigenvalue weighted by Gasteiger charge is -2.34. The van der Waals surface area contributed by atoms with E-state index >= 15 is 0 Å². The summed E-state index contributed by atoms with van der Waals surface area (Å²) < 4.78 is 23.4. The van der Waals surface area contributed by atoms with Gasteiger partial charge in [-0.25, -0.2) is 13.4 Å². The maximum Gasteiger partial charge on any atom is 0.169 e. The third-order valence-electron chi connectivity index (χ3n) is 2.47. The molecule has 0 N–H and O–H groups in total. The number of halogens is 1. The maximum absolute atomic E-state index is 11.7. The molecule has 0 bridgehead atoms. The number of thioether (sulfide) groups is 1. The van der Waals surface area contributed by atoms with Crippen molar-refractivity contribution < 1.29 is 8.42 Å². The van der Waals surface area contributed by atoms with Gasteiger partial charge in [0.2, 0.25) is 0 Å². The number of anilines is 1. The largest absolute Gasteiger partial charge is 0.337 e. The summed E-state index contributed by atoms with van der Waals surface area (Å²) in [6.45, 7) is 0.636. The van der Waals surface area contributed by atoms with Crippen LogP contribution >= 0.6 is 23.4 Å². The Hall–Kier alpha value is -0.530. The van der Waals surface area contributed by atoms with Crippen LogP contribution in [-0.2, 0) is 9.84 Å². The van der Waals surface area contributed by atoms with Gasteiger partial charge in [-0.15, -0.1) is 0 Å². The monoisotopic (exact) mass is 293 g/mol. The molecule has 2 heterocycles. The summed E-state index contributed by atoms with van der Waals surface area (Å²) in [6, 6.07) is 0. The number of sulfone groups is 1. The second-order valence-electron chi connectivity index (χ2n) is 3.75. The predicted molar refractivity (Wildman–Crippen MR) is 70.3 cm³/mol. The molecule has 8 heteroatoms. The van der Waals surface area contributed by atoms with Crippen LogP contribution in [0.1, 0.15) is 0 Å². The second-order valence-corrected chi connectivity index (χ2v) is 7.49. The summed E-state index contributed by atoms with van der Waals surface area (Å²) in [5.41, 5.74) is 0. The summed E-state index contributed by atoms with van der Waals surface area (Å²) in [5.74, 6) is 1.95. The van der Waals surface area contributed by atoms with Gasteiger partial charge in [-0.3, -0.25) is 4.98 Å². The first kappa shape index (κ1) is 12.9. The lowest BCUT2D eigenvalue weighted by atomic mass is 10.4. The Balaban J connectivity index is 2.34. The predicted octanol–water partition coefficient (Wildman–Crippen LogP) is 1.05. The van der Waals surface area contributed by atoms with Gasteiger partial charge in [0.15, 0.2) is 9.84 Å². The van der Waals surface area contributed by atoms with Crippen LogP contribution in [0.25, 0.3) is 0 Å².